The summed E-state index contributed by atoms with van der Waals surface area (Å²) >= 11 is 0. The molecular formula is C16H12FN3O. The summed E-state index contributed by atoms with van der Waals surface area (Å²) in [6.07, 6.45) is 1.38. The predicted octanol–water partition coefficient (Wildman–Crippen LogP) is 2.95. The molecule has 0 aliphatic carbocycles. The number of ketones is 1. The zero-order valence-electron chi connectivity index (χ0n) is 11.3. The summed E-state index contributed by atoms with van der Waals surface area (Å²) in [7, 11) is 0. The van der Waals surface area contributed by atoms with E-state index in [1.54, 1.807) is 13.0 Å². The molecule has 0 spiro atoms. The number of carbonyl (C=O) groups is 1. The fourth-order valence-electron chi connectivity index (χ4n) is 2.17. The van der Waals surface area contributed by atoms with Crippen LogP contribution in [0.3, 0.4) is 0 Å². The molecule has 0 saturated carbocycles. The van der Waals surface area contributed by atoms with Gasteiger partial charge in [0.2, 0.25) is 5.78 Å². The van der Waals surface area contributed by atoms with Crippen LogP contribution in [0, 0.1) is 12.7 Å². The monoisotopic (exact) mass is 281 g/mol. The van der Waals surface area contributed by atoms with Gasteiger partial charge in [0.15, 0.2) is 0 Å². The van der Waals surface area contributed by atoms with E-state index in [-0.39, 0.29) is 11.3 Å². The summed E-state index contributed by atoms with van der Waals surface area (Å²) in [5, 5.41) is 7.72. The highest BCUT2D eigenvalue weighted by Crippen LogP contribution is 2.15. The Morgan fingerprint density at radius 1 is 1.14 bits per heavy atom. The van der Waals surface area contributed by atoms with Crippen molar-refractivity contribution >= 4 is 5.78 Å². The second-order valence-corrected chi connectivity index (χ2v) is 4.71. The van der Waals surface area contributed by atoms with Gasteiger partial charge >= 0.3 is 0 Å². The average Bonchev–Trinajstić information content (AvgIpc) is 2.95. The molecule has 0 radical (unpaired) electrons. The summed E-state index contributed by atoms with van der Waals surface area (Å²) in [6.45, 7) is 1.74. The topological polar surface area (TPSA) is 47.8 Å². The number of hydrogen-bond acceptors (Lipinski definition) is 3. The Kier molecular flexibility index (Phi) is 3.31. The van der Waals surface area contributed by atoms with Crippen molar-refractivity contribution in [3.05, 3.63) is 77.4 Å². The Balaban J connectivity index is 2.06. The summed E-state index contributed by atoms with van der Waals surface area (Å²) in [5.41, 5.74) is 2.00. The minimum atomic E-state index is -0.433. The number of rotatable bonds is 3. The Labute approximate surface area is 120 Å². The van der Waals surface area contributed by atoms with Gasteiger partial charge in [-0.3, -0.25) is 4.79 Å². The van der Waals surface area contributed by atoms with Gasteiger partial charge in [-0.15, -0.1) is 5.10 Å². The lowest BCUT2D eigenvalue weighted by atomic mass is 10.1. The third-order valence-corrected chi connectivity index (χ3v) is 3.09. The van der Waals surface area contributed by atoms with Crippen molar-refractivity contribution < 1.29 is 9.18 Å². The van der Waals surface area contributed by atoms with Crippen molar-refractivity contribution in [2.24, 2.45) is 0 Å². The molecule has 5 heteroatoms. The van der Waals surface area contributed by atoms with Crippen LogP contribution in [-0.4, -0.2) is 20.8 Å². The van der Waals surface area contributed by atoms with E-state index in [0.29, 0.717) is 11.3 Å². The number of benzene rings is 2. The number of nitrogens with zero attached hydrogens (tertiary/aromatic N) is 3. The van der Waals surface area contributed by atoms with E-state index in [9.17, 15) is 9.18 Å². The number of carbonyl (C=O) groups excluding carboxylic acids is 1. The third kappa shape index (κ3) is 2.58. The van der Waals surface area contributed by atoms with Crippen LogP contribution in [-0.2, 0) is 0 Å². The van der Waals surface area contributed by atoms with E-state index in [4.69, 9.17) is 0 Å². The summed E-state index contributed by atoms with van der Waals surface area (Å²) in [5.74, 6) is -0.747. The van der Waals surface area contributed by atoms with E-state index in [2.05, 4.69) is 10.3 Å². The van der Waals surface area contributed by atoms with Crippen LogP contribution < -0.4 is 0 Å². The Morgan fingerprint density at radius 2 is 1.90 bits per heavy atom. The van der Waals surface area contributed by atoms with Gasteiger partial charge in [-0.25, -0.2) is 9.07 Å². The summed E-state index contributed by atoms with van der Waals surface area (Å²) in [6, 6.07) is 13.5. The van der Waals surface area contributed by atoms with Crippen LogP contribution in [0.2, 0.25) is 0 Å². The number of aromatic nitrogens is 3. The quantitative estimate of drug-likeness (QED) is 0.693. The van der Waals surface area contributed by atoms with Crippen molar-refractivity contribution in [3.63, 3.8) is 0 Å². The fraction of sp³-hybridized carbons (Fsp3) is 0.0625. The Hall–Kier alpha value is -2.82. The molecule has 0 N–H and O–H groups in total. The van der Waals surface area contributed by atoms with Crippen molar-refractivity contribution in [1.29, 1.82) is 0 Å². The Bertz CT molecular complexity index is 776. The standard InChI is InChI=1S/C16H12FN3O/c1-11-7-12(9-13(17)8-11)16(21)15-10-18-19-20(15)14-5-3-2-4-6-14/h2-10H,1H3. The van der Waals surface area contributed by atoms with E-state index in [1.807, 2.05) is 30.3 Å². The highest BCUT2D eigenvalue weighted by Gasteiger charge is 2.17. The van der Waals surface area contributed by atoms with Gasteiger partial charge in [-0.2, -0.15) is 0 Å². The highest BCUT2D eigenvalue weighted by molar-refractivity contribution is 6.08. The lowest BCUT2D eigenvalue weighted by molar-refractivity contribution is 0.103. The minimum Gasteiger partial charge on any atom is -0.287 e. The zero-order chi connectivity index (χ0) is 14.8. The fourth-order valence-corrected chi connectivity index (χ4v) is 2.17. The molecule has 2 aromatic carbocycles. The molecular weight excluding hydrogens is 269 g/mol. The first kappa shape index (κ1) is 13.2. The van der Waals surface area contributed by atoms with E-state index in [1.165, 1.54) is 23.0 Å². The lowest BCUT2D eigenvalue weighted by Gasteiger charge is -2.06. The lowest BCUT2D eigenvalue weighted by Crippen LogP contribution is -2.10. The van der Waals surface area contributed by atoms with Crippen LogP contribution in [0.1, 0.15) is 21.6 Å². The maximum Gasteiger partial charge on any atom is 0.213 e. The van der Waals surface area contributed by atoms with Gasteiger partial charge in [0.05, 0.1) is 11.9 Å². The molecule has 0 saturated heterocycles. The van der Waals surface area contributed by atoms with E-state index >= 15 is 0 Å². The van der Waals surface area contributed by atoms with Crippen LogP contribution >= 0.6 is 0 Å². The van der Waals surface area contributed by atoms with Crippen molar-refractivity contribution in [3.8, 4) is 5.69 Å². The molecule has 104 valence electrons. The predicted molar refractivity (Wildman–Crippen MR) is 75.9 cm³/mol. The number of halogens is 1. The first-order chi connectivity index (χ1) is 10.1. The minimum absolute atomic E-state index is 0.284. The maximum absolute atomic E-state index is 13.5. The molecule has 3 aromatic rings. The SMILES string of the molecule is Cc1cc(F)cc(C(=O)c2cnnn2-c2ccccc2)c1. The normalized spacial score (nSPS) is 10.6. The maximum atomic E-state index is 13.5. The van der Waals surface area contributed by atoms with E-state index in [0.717, 1.165) is 5.69 Å². The molecule has 0 unspecified atom stereocenters. The van der Waals surface area contributed by atoms with Gasteiger partial charge in [0, 0.05) is 5.56 Å². The molecule has 1 aromatic heterocycles. The second-order valence-electron chi connectivity index (χ2n) is 4.71. The Morgan fingerprint density at radius 3 is 2.62 bits per heavy atom. The number of hydrogen-bond donors (Lipinski definition) is 0. The molecule has 4 nitrogen and oxygen atoms in total. The molecule has 0 fully saturated rings. The van der Waals surface area contributed by atoms with Crippen LogP contribution in [0.15, 0.2) is 54.7 Å². The smallest absolute Gasteiger partial charge is 0.213 e. The molecule has 0 atom stereocenters. The molecule has 0 aliphatic rings. The molecule has 0 amide bonds. The van der Waals surface area contributed by atoms with Gasteiger partial charge in [0.25, 0.3) is 0 Å². The van der Waals surface area contributed by atoms with Crippen molar-refractivity contribution in [2.75, 3.05) is 0 Å². The summed E-state index contributed by atoms with van der Waals surface area (Å²) < 4.78 is 14.9. The highest BCUT2D eigenvalue weighted by atomic mass is 19.1. The second kappa shape index (κ2) is 5.28. The third-order valence-electron chi connectivity index (χ3n) is 3.09. The number of para-hydroxylation sites is 1. The molecule has 0 aliphatic heterocycles. The van der Waals surface area contributed by atoms with Gasteiger partial charge in [-0.05, 0) is 42.8 Å². The number of aryl methyl sites for hydroxylation is 1. The largest absolute Gasteiger partial charge is 0.287 e. The molecule has 0 bridgehead atoms. The van der Waals surface area contributed by atoms with Gasteiger partial charge in [-0.1, -0.05) is 23.4 Å². The van der Waals surface area contributed by atoms with Crippen LogP contribution in [0.4, 0.5) is 4.39 Å². The van der Waals surface area contributed by atoms with Crippen LogP contribution in [0.5, 0.6) is 0 Å². The zero-order valence-corrected chi connectivity index (χ0v) is 11.3. The summed E-state index contributed by atoms with van der Waals surface area (Å²) in [4.78, 5) is 12.5. The molecule has 21 heavy (non-hydrogen) atoms. The van der Waals surface area contributed by atoms with E-state index < -0.39 is 5.82 Å². The van der Waals surface area contributed by atoms with Crippen molar-refractivity contribution in [1.82, 2.24) is 15.0 Å². The first-order valence-corrected chi connectivity index (χ1v) is 6.43. The molecule has 1 heterocycles. The first-order valence-electron chi connectivity index (χ1n) is 6.43. The van der Waals surface area contributed by atoms with Crippen LogP contribution in [0.25, 0.3) is 5.69 Å². The van der Waals surface area contributed by atoms with Gasteiger partial charge < -0.3 is 0 Å². The van der Waals surface area contributed by atoms with Crippen molar-refractivity contribution in [2.45, 2.75) is 6.92 Å². The average molecular weight is 281 g/mol. The molecule has 3 rings (SSSR count). The van der Waals surface area contributed by atoms with Gasteiger partial charge in [0.1, 0.15) is 11.5 Å².